The molecule has 1 unspecified atom stereocenters. The number of sulfone groups is 1. The molecular weight excluding hydrogens is 434 g/mol. The van der Waals surface area contributed by atoms with Gasteiger partial charge < -0.3 is 14.0 Å². The molecule has 0 saturated carbocycles. The molecule has 0 radical (unpaired) electrons. The molecule has 0 amide bonds. The topological polar surface area (TPSA) is 52.6 Å². The standard InChI is InChI=1S/C27H58NO4S/c1-6-7-8-9-10-11-12-13-14-15-16-17-18-19-20-21-23-32-25-27(31-5)26-33(29,30)24-22-28(2,3)4/h27H,6-26H2,1-5H3/q+1. The number of unbranched alkanes of at least 4 members (excludes halogenated alkanes) is 15. The first kappa shape index (κ1) is 32.8. The van der Waals surface area contributed by atoms with E-state index in [9.17, 15) is 8.42 Å². The number of ether oxygens (including phenoxy) is 2. The van der Waals surface area contributed by atoms with Crippen molar-refractivity contribution in [3.63, 3.8) is 0 Å². The third-order valence-electron chi connectivity index (χ3n) is 6.29. The fraction of sp³-hybridized carbons (Fsp3) is 1.00. The molecular formula is C27H58NO4S+. The number of methoxy groups -OCH3 is 1. The van der Waals surface area contributed by atoms with Crippen molar-refractivity contribution in [1.29, 1.82) is 0 Å². The third kappa shape index (κ3) is 24.7. The number of hydrogen-bond acceptors (Lipinski definition) is 4. The maximum Gasteiger partial charge on any atom is 0.158 e. The average molecular weight is 493 g/mol. The summed E-state index contributed by atoms with van der Waals surface area (Å²) in [6.45, 7) is 3.94. The number of nitrogens with zero attached hydrogens (tertiary/aromatic N) is 1. The summed E-state index contributed by atoms with van der Waals surface area (Å²) in [7, 11) is 4.46. The Morgan fingerprint density at radius 2 is 1.12 bits per heavy atom. The van der Waals surface area contributed by atoms with Gasteiger partial charge in [-0.3, -0.25) is 0 Å². The van der Waals surface area contributed by atoms with E-state index in [1.54, 1.807) is 7.11 Å². The summed E-state index contributed by atoms with van der Waals surface area (Å²) in [5.41, 5.74) is 0. The van der Waals surface area contributed by atoms with Gasteiger partial charge in [0.2, 0.25) is 0 Å². The van der Waals surface area contributed by atoms with Crippen molar-refractivity contribution in [2.75, 3.05) is 59.5 Å². The highest BCUT2D eigenvalue weighted by atomic mass is 32.2. The van der Waals surface area contributed by atoms with E-state index in [2.05, 4.69) is 6.92 Å². The van der Waals surface area contributed by atoms with Gasteiger partial charge in [-0.1, -0.05) is 103 Å². The fourth-order valence-corrected chi connectivity index (χ4v) is 5.72. The fourth-order valence-electron chi connectivity index (χ4n) is 3.93. The van der Waals surface area contributed by atoms with Gasteiger partial charge in [-0.05, 0) is 6.42 Å². The lowest BCUT2D eigenvalue weighted by Gasteiger charge is -2.24. The van der Waals surface area contributed by atoms with Crippen molar-refractivity contribution in [3.05, 3.63) is 0 Å². The molecule has 1 atom stereocenters. The minimum atomic E-state index is -3.12. The largest absolute Gasteiger partial charge is 0.379 e. The van der Waals surface area contributed by atoms with Gasteiger partial charge in [0.05, 0.1) is 51.9 Å². The molecule has 0 aliphatic rings. The van der Waals surface area contributed by atoms with Crippen LogP contribution in [0.25, 0.3) is 0 Å². The Morgan fingerprint density at radius 3 is 1.52 bits per heavy atom. The Morgan fingerprint density at radius 1 is 0.697 bits per heavy atom. The Hall–Kier alpha value is -0.170. The van der Waals surface area contributed by atoms with Crippen LogP contribution < -0.4 is 0 Å². The van der Waals surface area contributed by atoms with Crippen LogP contribution in [-0.4, -0.2) is 78.5 Å². The van der Waals surface area contributed by atoms with E-state index < -0.39 is 9.84 Å². The van der Waals surface area contributed by atoms with E-state index in [1.807, 2.05) is 21.1 Å². The molecule has 0 aliphatic carbocycles. The highest BCUT2D eigenvalue weighted by molar-refractivity contribution is 7.91. The van der Waals surface area contributed by atoms with Gasteiger partial charge >= 0.3 is 0 Å². The average Bonchev–Trinajstić information content (AvgIpc) is 2.75. The summed E-state index contributed by atoms with van der Waals surface area (Å²) >= 11 is 0. The molecule has 0 fully saturated rings. The zero-order valence-corrected chi connectivity index (χ0v) is 23.7. The Bertz CT molecular complexity index is 517. The van der Waals surface area contributed by atoms with Crippen LogP contribution in [0.3, 0.4) is 0 Å². The first-order valence-corrected chi connectivity index (χ1v) is 15.6. The summed E-state index contributed by atoms with van der Waals surface area (Å²) in [5.74, 6) is 0.234. The molecule has 5 nitrogen and oxygen atoms in total. The van der Waals surface area contributed by atoms with E-state index in [0.29, 0.717) is 24.2 Å². The van der Waals surface area contributed by atoms with E-state index in [-0.39, 0.29) is 17.6 Å². The minimum absolute atomic E-state index is 0.0441. The van der Waals surface area contributed by atoms with E-state index in [4.69, 9.17) is 9.47 Å². The molecule has 0 spiro atoms. The number of hydrogen-bond donors (Lipinski definition) is 0. The molecule has 0 heterocycles. The van der Waals surface area contributed by atoms with Gasteiger partial charge in [-0.2, -0.15) is 0 Å². The molecule has 0 N–H and O–H groups in total. The van der Waals surface area contributed by atoms with Crippen LogP contribution in [0.4, 0.5) is 0 Å². The zero-order valence-electron chi connectivity index (χ0n) is 22.9. The summed E-state index contributed by atoms with van der Waals surface area (Å²) in [4.78, 5) is 0. The van der Waals surface area contributed by atoms with Crippen molar-refractivity contribution < 1.29 is 22.4 Å². The Kier molecular flexibility index (Phi) is 21.0. The number of rotatable bonds is 25. The van der Waals surface area contributed by atoms with Crippen LogP contribution in [0.15, 0.2) is 0 Å². The second-order valence-electron chi connectivity index (χ2n) is 10.9. The van der Waals surface area contributed by atoms with Crippen molar-refractivity contribution in [2.45, 2.75) is 116 Å². The summed E-state index contributed by atoms with van der Waals surface area (Å²) < 4.78 is 36.3. The predicted octanol–water partition coefficient (Wildman–Crippen LogP) is 6.40. The molecule has 0 aromatic carbocycles. The highest BCUT2D eigenvalue weighted by Crippen LogP contribution is 2.13. The molecule has 0 rings (SSSR count). The van der Waals surface area contributed by atoms with E-state index in [0.717, 1.165) is 6.42 Å². The first-order valence-electron chi connectivity index (χ1n) is 13.8. The Labute approximate surface area is 207 Å². The second kappa shape index (κ2) is 21.1. The first-order chi connectivity index (χ1) is 15.7. The summed E-state index contributed by atoms with van der Waals surface area (Å²) in [6, 6.07) is 0. The molecule has 0 saturated heterocycles. The molecule has 0 aromatic rings. The maximum absolute atomic E-state index is 12.3. The van der Waals surface area contributed by atoms with Crippen molar-refractivity contribution in [2.24, 2.45) is 0 Å². The van der Waals surface area contributed by atoms with Crippen LogP contribution >= 0.6 is 0 Å². The highest BCUT2D eigenvalue weighted by Gasteiger charge is 2.22. The van der Waals surface area contributed by atoms with Crippen LogP contribution in [0.5, 0.6) is 0 Å². The van der Waals surface area contributed by atoms with E-state index in [1.165, 1.54) is 96.3 Å². The monoisotopic (exact) mass is 492 g/mol. The van der Waals surface area contributed by atoms with Gasteiger partial charge in [-0.15, -0.1) is 0 Å². The van der Waals surface area contributed by atoms with Crippen LogP contribution in [0, 0.1) is 0 Å². The van der Waals surface area contributed by atoms with E-state index >= 15 is 0 Å². The molecule has 6 heteroatoms. The Balaban J connectivity index is 3.48. The predicted molar refractivity (Wildman–Crippen MR) is 143 cm³/mol. The molecule has 0 bridgehead atoms. The smallest absolute Gasteiger partial charge is 0.158 e. The maximum atomic E-state index is 12.3. The van der Waals surface area contributed by atoms with Crippen molar-refractivity contribution in [3.8, 4) is 0 Å². The van der Waals surface area contributed by atoms with Gasteiger partial charge in [0, 0.05) is 13.7 Å². The lowest BCUT2D eigenvalue weighted by atomic mass is 10.0. The lowest BCUT2D eigenvalue weighted by Crippen LogP contribution is -2.40. The molecule has 0 aliphatic heterocycles. The van der Waals surface area contributed by atoms with Crippen LogP contribution in [-0.2, 0) is 19.3 Å². The zero-order chi connectivity index (χ0) is 24.8. The summed E-state index contributed by atoms with van der Waals surface area (Å²) in [6.07, 6.45) is 21.3. The summed E-state index contributed by atoms with van der Waals surface area (Å²) in [5, 5.41) is 0. The van der Waals surface area contributed by atoms with Crippen LogP contribution in [0.2, 0.25) is 0 Å². The van der Waals surface area contributed by atoms with Gasteiger partial charge in [0.1, 0.15) is 0 Å². The minimum Gasteiger partial charge on any atom is -0.379 e. The molecule has 0 aromatic heterocycles. The van der Waals surface area contributed by atoms with Crippen molar-refractivity contribution in [1.82, 2.24) is 0 Å². The molecule has 33 heavy (non-hydrogen) atoms. The normalized spacial score (nSPS) is 13.5. The third-order valence-corrected chi connectivity index (χ3v) is 7.98. The quantitative estimate of drug-likeness (QED) is 0.109. The second-order valence-corrected chi connectivity index (χ2v) is 13.1. The lowest BCUT2D eigenvalue weighted by molar-refractivity contribution is -0.867. The van der Waals surface area contributed by atoms with Crippen LogP contribution in [0.1, 0.15) is 110 Å². The van der Waals surface area contributed by atoms with Gasteiger partial charge in [-0.25, -0.2) is 8.42 Å². The van der Waals surface area contributed by atoms with Gasteiger partial charge in [0.15, 0.2) is 9.84 Å². The van der Waals surface area contributed by atoms with Gasteiger partial charge in [0.25, 0.3) is 0 Å². The molecule has 200 valence electrons. The van der Waals surface area contributed by atoms with Crippen molar-refractivity contribution >= 4 is 9.84 Å². The SMILES string of the molecule is CCCCCCCCCCCCCCCCCCOCC(CS(=O)(=O)CC[N+](C)(C)C)OC. The number of quaternary nitrogens is 1.